The van der Waals surface area contributed by atoms with Gasteiger partial charge in [0.05, 0.1) is 11.6 Å². The zero-order valence-electron chi connectivity index (χ0n) is 9.17. The highest BCUT2D eigenvalue weighted by atomic mass is 79.9. The van der Waals surface area contributed by atoms with Gasteiger partial charge in [0.1, 0.15) is 12.1 Å². The highest BCUT2D eigenvalue weighted by molar-refractivity contribution is 9.09. The lowest BCUT2D eigenvalue weighted by molar-refractivity contribution is -0.117. The SMILES string of the molecule is Cn1ncc2c(N3CC(Br)CC3=O)ncnc21. The highest BCUT2D eigenvalue weighted by Crippen LogP contribution is 2.28. The van der Waals surface area contributed by atoms with Crippen molar-refractivity contribution in [1.82, 2.24) is 19.7 Å². The monoisotopic (exact) mass is 295 g/mol. The van der Waals surface area contributed by atoms with E-state index in [1.54, 1.807) is 15.8 Å². The molecule has 1 unspecified atom stereocenters. The fraction of sp³-hybridized carbons (Fsp3) is 0.400. The van der Waals surface area contributed by atoms with E-state index < -0.39 is 0 Å². The predicted octanol–water partition coefficient (Wildman–Crippen LogP) is 0.863. The van der Waals surface area contributed by atoms with Gasteiger partial charge in [-0.05, 0) is 0 Å². The number of fused-ring (bicyclic) bond motifs is 1. The second-order valence-corrected chi connectivity index (χ2v) is 5.30. The molecule has 3 rings (SSSR count). The van der Waals surface area contributed by atoms with Crippen molar-refractivity contribution >= 4 is 38.7 Å². The van der Waals surface area contributed by atoms with E-state index >= 15 is 0 Å². The summed E-state index contributed by atoms with van der Waals surface area (Å²) >= 11 is 3.46. The Labute approximate surface area is 106 Å². The Bertz CT molecular complexity index is 595. The molecule has 1 saturated heterocycles. The van der Waals surface area contributed by atoms with Crippen LogP contribution in [-0.4, -0.2) is 37.0 Å². The van der Waals surface area contributed by atoms with Crippen LogP contribution in [0.1, 0.15) is 6.42 Å². The lowest BCUT2D eigenvalue weighted by Gasteiger charge is -2.14. The third kappa shape index (κ3) is 1.61. The van der Waals surface area contributed by atoms with Gasteiger partial charge in [0.25, 0.3) is 0 Å². The first-order valence-electron chi connectivity index (χ1n) is 5.24. The van der Waals surface area contributed by atoms with Gasteiger partial charge in [0.2, 0.25) is 5.91 Å². The Morgan fingerprint density at radius 3 is 3.00 bits per heavy atom. The first kappa shape index (κ1) is 10.6. The number of rotatable bonds is 1. The van der Waals surface area contributed by atoms with Crippen molar-refractivity contribution in [3.63, 3.8) is 0 Å². The molecular formula is C10H10BrN5O. The Morgan fingerprint density at radius 2 is 2.29 bits per heavy atom. The summed E-state index contributed by atoms with van der Waals surface area (Å²) in [5, 5.41) is 4.95. The summed E-state index contributed by atoms with van der Waals surface area (Å²) in [7, 11) is 1.82. The number of hydrogen-bond donors (Lipinski definition) is 0. The van der Waals surface area contributed by atoms with Crippen molar-refractivity contribution in [1.29, 1.82) is 0 Å². The maximum Gasteiger partial charge on any atom is 0.229 e. The van der Waals surface area contributed by atoms with Gasteiger partial charge in [-0.1, -0.05) is 15.9 Å². The zero-order valence-corrected chi connectivity index (χ0v) is 10.8. The quantitative estimate of drug-likeness (QED) is 0.732. The van der Waals surface area contributed by atoms with Gasteiger partial charge in [0.15, 0.2) is 5.65 Å². The number of carbonyl (C=O) groups is 1. The fourth-order valence-corrected chi connectivity index (χ4v) is 2.60. The molecule has 88 valence electrons. The number of amides is 1. The fourth-order valence-electron chi connectivity index (χ4n) is 2.03. The van der Waals surface area contributed by atoms with Gasteiger partial charge in [-0.3, -0.25) is 14.4 Å². The van der Waals surface area contributed by atoms with Crippen LogP contribution >= 0.6 is 15.9 Å². The molecule has 2 aromatic rings. The number of anilines is 1. The molecule has 0 bridgehead atoms. The van der Waals surface area contributed by atoms with Crippen molar-refractivity contribution in [2.45, 2.75) is 11.2 Å². The van der Waals surface area contributed by atoms with E-state index in [0.29, 0.717) is 18.8 Å². The van der Waals surface area contributed by atoms with E-state index in [4.69, 9.17) is 0 Å². The molecule has 0 saturated carbocycles. The van der Waals surface area contributed by atoms with Crippen LogP contribution in [0.15, 0.2) is 12.5 Å². The summed E-state index contributed by atoms with van der Waals surface area (Å²) in [6.07, 6.45) is 3.67. The number of nitrogens with zero attached hydrogens (tertiary/aromatic N) is 5. The molecule has 7 heteroatoms. The smallest absolute Gasteiger partial charge is 0.229 e. The number of halogens is 1. The molecule has 6 nitrogen and oxygen atoms in total. The lowest BCUT2D eigenvalue weighted by atomic mass is 10.3. The molecule has 0 aromatic carbocycles. The van der Waals surface area contributed by atoms with E-state index in [2.05, 4.69) is 31.0 Å². The minimum atomic E-state index is 0.0794. The summed E-state index contributed by atoms with van der Waals surface area (Å²) in [5.41, 5.74) is 0.737. The molecule has 1 aliphatic heterocycles. The summed E-state index contributed by atoms with van der Waals surface area (Å²) in [6.45, 7) is 0.639. The third-order valence-electron chi connectivity index (χ3n) is 2.84. The standard InChI is InChI=1S/C10H10BrN5O/c1-15-9-7(3-14-15)10(13-5-12-9)16-4-6(11)2-8(16)17/h3,5-6H,2,4H2,1H3. The van der Waals surface area contributed by atoms with Crippen molar-refractivity contribution < 1.29 is 4.79 Å². The van der Waals surface area contributed by atoms with Crippen LogP contribution < -0.4 is 4.90 Å². The van der Waals surface area contributed by atoms with Crippen LogP contribution in [0.4, 0.5) is 5.82 Å². The van der Waals surface area contributed by atoms with Crippen LogP contribution in [-0.2, 0) is 11.8 Å². The molecule has 2 aromatic heterocycles. The van der Waals surface area contributed by atoms with E-state index in [1.807, 2.05) is 7.05 Å². The Morgan fingerprint density at radius 1 is 1.47 bits per heavy atom. The van der Waals surface area contributed by atoms with Crippen molar-refractivity contribution in [3.05, 3.63) is 12.5 Å². The van der Waals surface area contributed by atoms with Gasteiger partial charge in [0, 0.05) is 24.8 Å². The predicted molar refractivity (Wildman–Crippen MR) is 66.0 cm³/mol. The van der Waals surface area contributed by atoms with E-state index in [-0.39, 0.29) is 10.7 Å². The molecular weight excluding hydrogens is 286 g/mol. The van der Waals surface area contributed by atoms with E-state index in [1.165, 1.54) is 6.33 Å². The van der Waals surface area contributed by atoms with Crippen LogP contribution in [0.25, 0.3) is 11.0 Å². The van der Waals surface area contributed by atoms with Crippen LogP contribution in [0, 0.1) is 0 Å². The second-order valence-electron chi connectivity index (χ2n) is 4.01. The van der Waals surface area contributed by atoms with E-state index in [9.17, 15) is 4.79 Å². The zero-order chi connectivity index (χ0) is 12.0. The summed E-state index contributed by atoms with van der Waals surface area (Å²) in [4.78, 5) is 22.1. The molecule has 1 fully saturated rings. The minimum Gasteiger partial charge on any atom is -0.295 e. The van der Waals surface area contributed by atoms with Gasteiger partial charge < -0.3 is 0 Å². The Hall–Kier alpha value is -1.50. The number of hydrogen-bond acceptors (Lipinski definition) is 4. The number of aromatic nitrogens is 4. The summed E-state index contributed by atoms with van der Waals surface area (Å²) in [6, 6.07) is 0. The molecule has 0 N–H and O–H groups in total. The largest absolute Gasteiger partial charge is 0.295 e. The van der Waals surface area contributed by atoms with Gasteiger partial charge in [-0.2, -0.15) is 5.10 Å². The van der Waals surface area contributed by atoms with Gasteiger partial charge in [-0.25, -0.2) is 9.97 Å². The number of alkyl halides is 1. The molecule has 1 aliphatic rings. The van der Waals surface area contributed by atoms with E-state index in [0.717, 1.165) is 11.0 Å². The first-order valence-corrected chi connectivity index (χ1v) is 6.15. The highest BCUT2D eigenvalue weighted by Gasteiger charge is 2.31. The maximum absolute atomic E-state index is 11.8. The van der Waals surface area contributed by atoms with Crippen LogP contribution in [0.3, 0.4) is 0 Å². The van der Waals surface area contributed by atoms with Crippen LogP contribution in [0.2, 0.25) is 0 Å². The minimum absolute atomic E-state index is 0.0794. The molecule has 0 radical (unpaired) electrons. The van der Waals surface area contributed by atoms with Gasteiger partial charge >= 0.3 is 0 Å². The third-order valence-corrected chi connectivity index (χ3v) is 3.46. The molecule has 0 spiro atoms. The Balaban J connectivity index is 2.14. The van der Waals surface area contributed by atoms with Crippen molar-refractivity contribution in [2.75, 3.05) is 11.4 Å². The van der Waals surface area contributed by atoms with Crippen LogP contribution in [0.5, 0.6) is 0 Å². The topological polar surface area (TPSA) is 63.9 Å². The average Bonchev–Trinajstić information content (AvgIpc) is 2.83. The second kappa shape index (κ2) is 3.76. The molecule has 3 heterocycles. The molecule has 1 amide bonds. The first-order chi connectivity index (χ1) is 8.16. The molecule has 1 atom stereocenters. The Kier molecular flexibility index (Phi) is 2.36. The normalized spacial score (nSPS) is 20.5. The van der Waals surface area contributed by atoms with Crippen molar-refractivity contribution in [2.24, 2.45) is 7.05 Å². The summed E-state index contributed by atoms with van der Waals surface area (Å²) < 4.78 is 1.67. The molecule has 0 aliphatic carbocycles. The molecule has 17 heavy (non-hydrogen) atoms. The number of carbonyl (C=O) groups excluding carboxylic acids is 1. The van der Waals surface area contributed by atoms with Gasteiger partial charge in [-0.15, -0.1) is 0 Å². The number of aryl methyl sites for hydroxylation is 1. The lowest BCUT2D eigenvalue weighted by Crippen LogP contribution is -2.25. The average molecular weight is 296 g/mol. The van der Waals surface area contributed by atoms with Crippen molar-refractivity contribution in [3.8, 4) is 0 Å². The maximum atomic E-state index is 11.8. The summed E-state index contributed by atoms with van der Waals surface area (Å²) in [5.74, 6) is 0.728.